The summed E-state index contributed by atoms with van der Waals surface area (Å²) in [5.74, 6) is 4.85. The Morgan fingerprint density at radius 3 is 1.22 bits per heavy atom. The van der Waals surface area contributed by atoms with Crippen LogP contribution in [-0.4, -0.2) is 36.1 Å². The maximum atomic E-state index is 12.5. The average Bonchev–Trinajstić information content (AvgIpc) is 3.45. The molecule has 6 aromatic rings. The van der Waals surface area contributed by atoms with E-state index in [-0.39, 0.29) is 46.5 Å². The first-order chi connectivity index (χ1) is 38.8. The Morgan fingerprint density at radius 1 is 0.530 bits per heavy atom. The van der Waals surface area contributed by atoms with E-state index in [1.165, 1.54) is 27.8 Å². The zero-order valence-electron chi connectivity index (χ0n) is 50.3. The fourth-order valence-electron chi connectivity index (χ4n) is 13.9. The van der Waals surface area contributed by atoms with Crippen molar-refractivity contribution in [3.63, 3.8) is 0 Å². The fourth-order valence-corrected chi connectivity index (χ4v) is 14.3. The molecule has 6 N–H and O–H groups in total. The number of carbonyl (C=O) groups excluding carboxylic acids is 4. The van der Waals surface area contributed by atoms with Gasteiger partial charge in [-0.2, -0.15) is 0 Å². The molecule has 83 heavy (non-hydrogen) atoms. The Kier molecular flexibility index (Phi) is 21.6. The second-order valence-corrected chi connectivity index (χ2v) is 25.3. The Labute approximate surface area is 505 Å². The normalized spacial score (nSPS) is 22.7. The molecular weight excluding hydrogens is 1080 g/mol. The highest BCUT2D eigenvalue weighted by atomic mass is 35.5. The average molecular weight is 1170 g/mol. The van der Waals surface area contributed by atoms with Crippen LogP contribution in [0.4, 0.5) is 22.7 Å². The summed E-state index contributed by atoms with van der Waals surface area (Å²) in [6, 6.07) is 38.9. The van der Waals surface area contributed by atoms with Gasteiger partial charge in [-0.15, -0.1) is 0 Å². The maximum absolute atomic E-state index is 12.5. The number of carbonyl (C=O) groups is 4. The van der Waals surface area contributed by atoms with Gasteiger partial charge in [-0.1, -0.05) is 87.8 Å². The lowest BCUT2D eigenvalue weighted by Crippen LogP contribution is -2.51. The molecule has 4 aliphatic rings. The number of nitrogens with two attached hydrogens (primary N) is 2. The van der Waals surface area contributed by atoms with Crippen molar-refractivity contribution < 1.29 is 28.7 Å². The molecule has 0 saturated heterocycles. The monoisotopic (exact) mass is 1160 g/mol. The predicted octanol–water partition coefficient (Wildman–Crippen LogP) is 18.4. The van der Waals surface area contributed by atoms with Crippen LogP contribution in [0.2, 0.25) is 0 Å². The van der Waals surface area contributed by atoms with Crippen molar-refractivity contribution in [2.75, 3.05) is 36.2 Å². The van der Waals surface area contributed by atoms with Crippen molar-refractivity contribution in [3.8, 4) is 23.0 Å². The van der Waals surface area contributed by atoms with Gasteiger partial charge in [0.1, 0.15) is 28.8 Å². The molecule has 0 bridgehead atoms. The molecule has 444 valence electrons. The van der Waals surface area contributed by atoms with Gasteiger partial charge >= 0.3 is 0 Å². The van der Waals surface area contributed by atoms with Gasteiger partial charge in [0.2, 0.25) is 5.24 Å². The SMILES string of the molecule is C.CC(=O)c1cc2c(cc1C(C)C)CCC1C(C)(C(C)=O)CCCC21C.CC(C)c1cc2c(cc1C(=O)Cl)C1(C)CCCC(C)(C(=O)Cl)C1CC2.CNc1ccc(Oc2ccc(NC)cc2)cc1.Nc1ccc(Oc2ccc(N)cc2)cc1. The van der Waals surface area contributed by atoms with Gasteiger partial charge in [-0.05, 0) is 265 Å². The van der Waals surface area contributed by atoms with Crippen LogP contribution in [0.15, 0.2) is 121 Å². The molecule has 0 aliphatic heterocycles. The van der Waals surface area contributed by atoms with Gasteiger partial charge in [0.15, 0.2) is 5.78 Å². The number of anilines is 4. The lowest BCUT2D eigenvalue weighted by Gasteiger charge is -2.54. The largest absolute Gasteiger partial charge is 0.457 e. The number of ketones is 2. The third-order valence-corrected chi connectivity index (χ3v) is 19.3. The molecular formula is C71H90Cl2N4O6. The number of nitrogen functional groups attached to an aromatic ring is 2. The van der Waals surface area contributed by atoms with E-state index in [0.29, 0.717) is 23.2 Å². The molecule has 0 aromatic heterocycles. The van der Waals surface area contributed by atoms with Crippen LogP contribution in [0.25, 0.3) is 0 Å². The number of Topliss-reactive ketones (excluding diaryl/α,β-unsaturated/α-hetero) is 2. The first kappa shape index (κ1) is 65.5. The number of fused-ring (bicyclic) bond motifs is 6. The van der Waals surface area contributed by atoms with Crippen LogP contribution in [-0.2, 0) is 33.3 Å². The van der Waals surface area contributed by atoms with E-state index in [1.807, 2.05) is 99.9 Å². The predicted molar refractivity (Wildman–Crippen MR) is 346 cm³/mol. The standard InChI is InChI=1S/C23H32O2.C21H26Cl2O2.C14H16N2O.C12H12N2O.CH4/c1-14(2)18-12-17-8-9-21-22(5,16(4)25)10-7-11-23(21,6)20(17)13-19(18)15(3)24;1-12(2)14-10-13-6-7-17-20(3,16(13)11-15(14)18(22)24)8-5-9-21(17,4)19(23)25;1-15-11-3-7-13(8-4-11)17-14-9-5-12(16-2)6-10-14;13-9-1-5-11(6-2-9)15-12-7-3-10(14)4-8-12;/h12-14,21H,7-11H2,1-6H3;10-12,17H,5-9H2,1-4H3;3-10,15-16H,1-2H3;1-8H,13-14H2;1H4. The zero-order valence-corrected chi connectivity index (χ0v) is 51.8. The number of hydrogen-bond acceptors (Lipinski definition) is 10. The van der Waals surface area contributed by atoms with Crippen LogP contribution in [0.3, 0.4) is 0 Å². The van der Waals surface area contributed by atoms with Crippen molar-refractivity contribution in [3.05, 3.63) is 166 Å². The topological polar surface area (TPSA) is 163 Å². The third-order valence-electron chi connectivity index (χ3n) is 18.7. The Hall–Kier alpha value is -6.62. The fraction of sp³-hybridized carbons (Fsp3) is 0.437. The van der Waals surface area contributed by atoms with Crippen LogP contribution in [0, 0.1) is 22.7 Å². The summed E-state index contributed by atoms with van der Waals surface area (Å²) >= 11 is 11.9. The van der Waals surface area contributed by atoms with Crippen molar-refractivity contribution in [2.45, 2.75) is 164 Å². The molecule has 4 aliphatic carbocycles. The molecule has 0 heterocycles. The van der Waals surface area contributed by atoms with E-state index in [0.717, 1.165) is 121 Å². The summed E-state index contributed by atoms with van der Waals surface area (Å²) in [4.78, 5) is 49.1. The van der Waals surface area contributed by atoms with Crippen LogP contribution < -0.4 is 31.6 Å². The van der Waals surface area contributed by atoms with Gasteiger partial charge in [-0.25, -0.2) is 0 Å². The number of nitrogens with one attached hydrogen (secondary N) is 2. The molecule has 2 fully saturated rings. The van der Waals surface area contributed by atoms with Gasteiger partial charge in [-0.3, -0.25) is 19.2 Å². The number of benzene rings is 6. The lowest BCUT2D eigenvalue weighted by molar-refractivity contribution is -0.134. The second-order valence-electron chi connectivity index (χ2n) is 24.6. The summed E-state index contributed by atoms with van der Waals surface area (Å²) in [6.45, 7) is 20.7. The van der Waals surface area contributed by atoms with E-state index in [9.17, 15) is 19.2 Å². The Bertz CT molecular complexity index is 3020. The van der Waals surface area contributed by atoms with Crippen molar-refractivity contribution in [2.24, 2.45) is 22.7 Å². The minimum Gasteiger partial charge on any atom is -0.457 e. The molecule has 6 unspecified atom stereocenters. The molecule has 0 amide bonds. The number of halogens is 2. The Balaban J connectivity index is 0.000000181. The molecule has 2 saturated carbocycles. The van der Waals surface area contributed by atoms with Crippen LogP contribution in [0.1, 0.15) is 194 Å². The molecule has 6 atom stereocenters. The zero-order chi connectivity index (χ0) is 59.9. The number of ether oxygens (including phenoxy) is 2. The summed E-state index contributed by atoms with van der Waals surface area (Å²) < 4.78 is 11.3. The molecule has 12 heteroatoms. The minimum atomic E-state index is -0.492. The van der Waals surface area contributed by atoms with Crippen LogP contribution in [0.5, 0.6) is 23.0 Å². The van der Waals surface area contributed by atoms with E-state index >= 15 is 0 Å². The third kappa shape index (κ3) is 14.5. The maximum Gasteiger partial charge on any atom is 0.252 e. The quantitative estimate of drug-likeness (QED) is 0.0527. The van der Waals surface area contributed by atoms with Crippen molar-refractivity contribution >= 4 is 68.0 Å². The molecule has 6 aromatic carbocycles. The summed E-state index contributed by atoms with van der Waals surface area (Å²) in [7, 11) is 3.79. The highest BCUT2D eigenvalue weighted by Crippen LogP contribution is 2.60. The number of hydrogen-bond donors (Lipinski definition) is 4. The molecule has 10 rings (SSSR count). The smallest absolute Gasteiger partial charge is 0.252 e. The highest BCUT2D eigenvalue weighted by Gasteiger charge is 2.56. The lowest BCUT2D eigenvalue weighted by atomic mass is 9.49. The van der Waals surface area contributed by atoms with Crippen molar-refractivity contribution in [1.82, 2.24) is 0 Å². The van der Waals surface area contributed by atoms with Crippen molar-refractivity contribution in [1.29, 1.82) is 0 Å². The number of rotatable bonds is 12. The minimum absolute atomic E-state index is 0. The molecule has 0 radical (unpaired) electrons. The second kappa shape index (κ2) is 27.4. The van der Waals surface area contributed by atoms with Gasteiger partial charge < -0.3 is 31.6 Å². The summed E-state index contributed by atoms with van der Waals surface area (Å²) in [6.07, 6.45) is 10.0. The highest BCUT2D eigenvalue weighted by molar-refractivity contribution is 6.68. The molecule has 0 spiro atoms. The van der Waals surface area contributed by atoms with Crippen LogP contribution >= 0.6 is 23.2 Å². The van der Waals surface area contributed by atoms with E-state index in [2.05, 4.69) is 77.3 Å². The first-order valence-electron chi connectivity index (χ1n) is 29.2. The Morgan fingerprint density at radius 2 is 0.880 bits per heavy atom. The van der Waals surface area contributed by atoms with E-state index in [4.69, 9.17) is 44.1 Å². The van der Waals surface area contributed by atoms with Gasteiger partial charge in [0.05, 0.1) is 0 Å². The van der Waals surface area contributed by atoms with E-state index < -0.39 is 10.7 Å². The molecule has 10 nitrogen and oxygen atoms in total. The first-order valence-corrected chi connectivity index (χ1v) is 29.9. The summed E-state index contributed by atoms with van der Waals surface area (Å²) in [5.41, 5.74) is 22.8. The van der Waals surface area contributed by atoms with Gasteiger partial charge in [0, 0.05) is 58.8 Å². The van der Waals surface area contributed by atoms with Gasteiger partial charge in [0.25, 0.3) is 5.24 Å². The van der Waals surface area contributed by atoms with E-state index in [1.54, 1.807) is 38.1 Å². The summed E-state index contributed by atoms with van der Waals surface area (Å²) in [5, 5.41) is 5.52. The number of aryl methyl sites for hydroxylation is 2.